The van der Waals surface area contributed by atoms with Crippen molar-refractivity contribution in [1.29, 1.82) is 5.26 Å². The molecule has 2 aromatic heterocycles. The number of rotatable bonds is 2. The number of aromatic amines is 1. The van der Waals surface area contributed by atoms with Gasteiger partial charge in [0.25, 0.3) is 5.56 Å². The Morgan fingerprint density at radius 1 is 1.47 bits per heavy atom. The Bertz CT molecular complexity index is 771. The van der Waals surface area contributed by atoms with Crippen molar-refractivity contribution < 1.29 is 0 Å². The number of pyridine rings is 1. The van der Waals surface area contributed by atoms with Gasteiger partial charge < -0.3 is 4.98 Å². The smallest absolute Gasteiger partial charge is 0.254 e. The number of thioether (sulfide) groups is 1. The minimum Gasteiger partial charge on any atom is -0.306 e. The summed E-state index contributed by atoms with van der Waals surface area (Å²) in [6.45, 7) is 1.89. The van der Waals surface area contributed by atoms with Crippen molar-refractivity contribution in [2.24, 2.45) is 0 Å². The summed E-state index contributed by atoms with van der Waals surface area (Å²) in [6, 6.07) is 4.03. The summed E-state index contributed by atoms with van der Waals surface area (Å²) in [5.41, 5.74) is 1.11. The predicted octanol–water partition coefficient (Wildman–Crippen LogP) is 1.90. The van der Waals surface area contributed by atoms with Crippen molar-refractivity contribution in [3.8, 4) is 6.07 Å². The second kappa shape index (κ2) is 4.07. The third-order valence-electron chi connectivity index (χ3n) is 3.54. The van der Waals surface area contributed by atoms with Gasteiger partial charge in [0, 0.05) is 10.9 Å². The first-order valence-electron chi connectivity index (χ1n) is 5.97. The summed E-state index contributed by atoms with van der Waals surface area (Å²) in [7, 11) is 0. The molecule has 0 unspecified atom stereocenters. The van der Waals surface area contributed by atoms with Crippen molar-refractivity contribution in [3.63, 3.8) is 0 Å². The number of aryl methyl sites for hydroxylation is 1. The standard InChI is InChI=1S/C13H12N4OS/c1-7-8-5-9(13(6-14)3-4-13)11(18)16-10(8)17-12(15-7)19-2/h5H,3-4H2,1-2H3,(H,15,16,17,18). The first kappa shape index (κ1) is 12.2. The molecule has 0 saturated heterocycles. The zero-order chi connectivity index (χ0) is 13.6. The summed E-state index contributed by atoms with van der Waals surface area (Å²) in [6.07, 6.45) is 3.39. The van der Waals surface area contributed by atoms with Crippen molar-refractivity contribution in [2.45, 2.75) is 30.3 Å². The van der Waals surface area contributed by atoms with E-state index in [1.165, 1.54) is 11.8 Å². The van der Waals surface area contributed by atoms with E-state index in [2.05, 4.69) is 21.0 Å². The average molecular weight is 272 g/mol. The lowest BCUT2D eigenvalue weighted by Crippen LogP contribution is -2.20. The third-order valence-corrected chi connectivity index (χ3v) is 4.09. The van der Waals surface area contributed by atoms with E-state index in [-0.39, 0.29) is 5.56 Å². The lowest BCUT2D eigenvalue weighted by Gasteiger charge is -2.08. The van der Waals surface area contributed by atoms with Gasteiger partial charge in [0.1, 0.15) is 5.65 Å². The van der Waals surface area contributed by atoms with Crippen LogP contribution in [0, 0.1) is 18.3 Å². The van der Waals surface area contributed by atoms with Crippen molar-refractivity contribution in [1.82, 2.24) is 15.0 Å². The number of nitriles is 1. The van der Waals surface area contributed by atoms with Gasteiger partial charge in [0.2, 0.25) is 0 Å². The van der Waals surface area contributed by atoms with Gasteiger partial charge in [-0.05, 0) is 32.1 Å². The van der Waals surface area contributed by atoms with Gasteiger partial charge in [-0.3, -0.25) is 4.79 Å². The highest BCUT2D eigenvalue weighted by Gasteiger charge is 2.47. The second-order valence-corrected chi connectivity index (χ2v) is 5.54. The van der Waals surface area contributed by atoms with E-state index >= 15 is 0 Å². The van der Waals surface area contributed by atoms with E-state index in [1.54, 1.807) is 6.07 Å². The van der Waals surface area contributed by atoms with Crippen LogP contribution in [-0.4, -0.2) is 21.2 Å². The molecule has 19 heavy (non-hydrogen) atoms. The number of H-pyrrole nitrogens is 1. The fourth-order valence-electron chi connectivity index (χ4n) is 2.22. The van der Waals surface area contributed by atoms with Crippen LogP contribution in [0.3, 0.4) is 0 Å². The summed E-state index contributed by atoms with van der Waals surface area (Å²) in [4.78, 5) is 23.6. The zero-order valence-corrected chi connectivity index (χ0v) is 11.5. The Kier molecular flexibility index (Phi) is 2.61. The Morgan fingerprint density at radius 2 is 2.21 bits per heavy atom. The third kappa shape index (κ3) is 1.81. The molecule has 1 fully saturated rings. The summed E-state index contributed by atoms with van der Waals surface area (Å²) >= 11 is 1.43. The van der Waals surface area contributed by atoms with Gasteiger partial charge in [-0.1, -0.05) is 11.8 Å². The highest BCUT2D eigenvalue weighted by Crippen LogP contribution is 2.46. The molecular weight excluding hydrogens is 260 g/mol. The molecule has 0 amide bonds. The van der Waals surface area contributed by atoms with Gasteiger partial charge >= 0.3 is 0 Å². The van der Waals surface area contributed by atoms with Gasteiger partial charge in [-0.25, -0.2) is 9.97 Å². The molecule has 6 heteroatoms. The SMILES string of the molecule is CSc1nc(C)c2cc(C3(C#N)CC3)c(=O)[nH]c2n1. The molecule has 0 aliphatic heterocycles. The molecule has 3 rings (SSSR count). The molecule has 5 nitrogen and oxygen atoms in total. The Labute approximate surface area is 114 Å². The van der Waals surface area contributed by atoms with Crippen molar-refractivity contribution in [3.05, 3.63) is 27.7 Å². The van der Waals surface area contributed by atoms with E-state index in [9.17, 15) is 10.1 Å². The molecule has 0 radical (unpaired) electrons. The minimum atomic E-state index is -0.591. The van der Waals surface area contributed by atoms with E-state index in [4.69, 9.17) is 0 Å². The molecule has 1 N–H and O–H groups in total. The van der Waals surface area contributed by atoms with E-state index in [0.29, 0.717) is 16.4 Å². The van der Waals surface area contributed by atoms with Crippen LogP contribution in [0.4, 0.5) is 0 Å². The van der Waals surface area contributed by atoms with Crippen LogP contribution in [0.15, 0.2) is 16.0 Å². The molecule has 1 aliphatic rings. The fourth-order valence-corrected chi connectivity index (χ4v) is 2.63. The Morgan fingerprint density at radius 3 is 2.79 bits per heavy atom. The molecular formula is C13H12N4OS. The van der Waals surface area contributed by atoms with Crippen LogP contribution in [0.5, 0.6) is 0 Å². The maximum absolute atomic E-state index is 12.1. The van der Waals surface area contributed by atoms with E-state index in [0.717, 1.165) is 23.9 Å². The Hall–Kier alpha value is -1.87. The van der Waals surface area contributed by atoms with E-state index in [1.807, 2.05) is 13.2 Å². The summed E-state index contributed by atoms with van der Waals surface area (Å²) in [5.74, 6) is 0. The van der Waals surface area contributed by atoms with Crippen LogP contribution >= 0.6 is 11.8 Å². The van der Waals surface area contributed by atoms with Crippen LogP contribution < -0.4 is 5.56 Å². The van der Waals surface area contributed by atoms with Crippen LogP contribution in [0.25, 0.3) is 11.0 Å². The summed E-state index contributed by atoms with van der Waals surface area (Å²) < 4.78 is 0. The first-order chi connectivity index (χ1) is 9.09. The van der Waals surface area contributed by atoms with Crippen LogP contribution in [-0.2, 0) is 5.41 Å². The second-order valence-electron chi connectivity index (χ2n) is 4.76. The number of hydrogen-bond donors (Lipinski definition) is 1. The normalized spacial score (nSPS) is 16.3. The number of hydrogen-bond acceptors (Lipinski definition) is 5. The Balaban J connectivity index is 2.30. The van der Waals surface area contributed by atoms with Crippen molar-refractivity contribution in [2.75, 3.05) is 6.26 Å². The molecule has 0 spiro atoms. The zero-order valence-electron chi connectivity index (χ0n) is 10.6. The highest BCUT2D eigenvalue weighted by atomic mass is 32.2. The van der Waals surface area contributed by atoms with Gasteiger partial charge in [0.05, 0.1) is 17.2 Å². The molecule has 0 atom stereocenters. The largest absolute Gasteiger partial charge is 0.306 e. The molecule has 1 aliphatic carbocycles. The van der Waals surface area contributed by atoms with Crippen molar-refractivity contribution >= 4 is 22.8 Å². The highest BCUT2D eigenvalue weighted by molar-refractivity contribution is 7.98. The number of aromatic nitrogens is 3. The lowest BCUT2D eigenvalue weighted by molar-refractivity contribution is 0.876. The lowest BCUT2D eigenvalue weighted by atomic mass is 9.98. The topological polar surface area (TPSA) is 82.4 Å². The van der Waals surface area contributed by atoms with Crippen LogP contribution in [0.1, 0.15) is 24.1 Å². The average Bonchev–Trinajstić information content (AvgIpc) is 3.18. The van der Waals surface area contributed by atoms with E-state index < -0.39 is 5.41 Å². The molecule has 2 aromatic rings. The fraction of sp³-hybridized carbons (Fsp3) is 0.385. The molecule has 2 heterocycles. The summed E-state index contributed by atoms with van der Waals surface area (Å²) in [5, 5.41) is 10.7. The number of fused-ring (bicyclic) bond motifs is 1. The molecule has 96 valence electrons. The maximum Gasteiger partial charge on any atom is 0.254 e. The molecule has 0 aromatic carbocycles. The number of nitrogens with one attached hydrogen (secondary N) is 1. The first-order valence-corrected chi connectivity index (χ1v) is 7.19. The van der Waals surface area contributed by atoms with Gasteiger partial charge in [-0.2, -0.15) is 5.26 Å². The monoisotopic (exact) mass is 272 g/mol. The molecule has 1 saturated carbocycles. The predicted molar refractivity (Wildman–Crippen MR) is 73.2 cm³/mol. The van der Waals surface area contributed by atoms with Gasteiger partial charge in [-0.15, -0.1) is 0 Å². The number of nitrogens with zero attached hydrogens (tertiary/aromatic N) is 3. The quantitative estimate of drug-likeness (QED) is 0.667. The van der Waals surface area contributed by atoms with Crippen LogP contribution in [0.2, 0.25) is 0 Å². The molecule has 0 bridgehead atoms. The maximum atomic E-state index is 12.1. The minimum absolute atomic E-state index is 0.211. The van der Waals surface area contributed by atoms with Gasteiger partial charge in [0.15, 0.2) is 5.16 Å².